The molecule has 0 bridgehead atoms. The van der Waals surface area contributed by atoms with Crippen LogP contribution in [0.5, 0.6) is 0 Å². The van der Waals surface area contributed by atoms with Gasteiger partial charge in [-0.1, -0.05) is 41.4 Å². The van der Waals surface area contributed by atoms with Crippen LogP contribution in [0, 0.1) is 22.7 Å². The molecule has 0 aliphatic rings. The first-order valence-electron chi connectivity index (χ1n) is 4.30. The smallest absolute Gasteiger partial charge is 0.118 e. The van der Waals surface area contributed by atoms with Crippen LogP contribution in [0.15, 0.2) is 34.3 Å². The molecular formula is C12H6Cl2N2. The van der Waals surface area contributed by atoms with Gasteiger partial charge in [-0.2, -0.15) is 10.5 Å². The fourth-order valence-electron chi connectivity index (χ4n) is 1.10. The summed E-state index contributed by atoms with van der Waals surface area (Å²) < 4.78 is 0. The maximum absolute atomic E-state index is 8.52. The molecule has 0 saturated carbocycles. The van der Waals surface area contributed by atoms with Gasteiger partial charge in [0.2, 0.25) is 0 Å². The van der Waals surface area contributed by atoms with Gasteiger partial charge in [0.05, 0.1) is 0 Å². The Morgan fingerprint density at radius 1 is 1.00 bits per heavy atom. The van der Waals surface area contributed by atoms with Crippen molar-refractivity contribution in [3.63, 3.8) is 0 Å². The number of nitrogens with zero attached hydrogens (tertiary/aromatic N) is 2. The molecule has 1 rings (SSSR count). The third-order valence-electron chi connectivity index (χ3n) is 1.71. The molecular weight excluding hydrogens is 243 g/mol. The Morgan fingerprint density at radius 2 is 1.44 bits per heavy atom. The van der Waals surface area contributed by atoms with E-state index in [0.29, 0.717) is 0 Å². The zero-order valence-electron chi connectivity index (χ0n) is 8.11. The number of halogens is 2. The Hall–Kier alpha value is -1.74. The fourth-order valence-corrected chi connectivity index (χ4v) is 1.35. The zero-order chi connectivity index (χ0) is 12.0. The highest BCUT2D eigenvalue weighted by molar-refractivity contribution is 6.34. The van der Waals surface area contributed by atoms with Gasteiger partial charge in [-0.15, -0.1) is 0 Å². The van der Waals surface area contributed by atoms with Gasteiger partial charge in [0, 0.05) is 0 Å². The summed E-state index contributed by atoms with van der Waals surface area (Å²) in [6, 6.07) is 10.8. The maximum Gasteiger partial charge on any atom is 0.118 e. The average Bonchev–Trinajstić information content (AvgIpc) is 2.29. The van der Waals surface area contributed by atoms with E-state index in [1.807, 2.05) is 12.1 Å². The molecule has 1 aromatic rings. The molecule has 0 spiro atoms. The van der Waals surface area contributed by atoms with Gasteiger partial charge >= 0.3 is 0 Å². The third kappa shape index (κ3) is 3.79. The molecule has 0 radical (unpaired) electrons. The molecule has 0 aromatic heterocycles. The van der Waals surface area contributed by atoms with E-state index in [2.05, 4.69) is 0 Å². The molecule has 78 valence electrons. The van der Waals surface area contributed by atoms with Crippen LogP contribution in [0.25, 0.3) is 12.2 Å². The lowest BCUT2D eigenvalue weighted by Gasteiger charge is -1.96. The van der Waals surface area contributed by atoms with Crippen molar-refractivity contribution in [3.05, 3.63) is 45.5 Å². The quantitative estimate of drug-likeness (QED) is 0.746. The lowest BCUT2D eigenvalue weighted by Crippen LogP contribution is -1.77. The van der Waals surface area contributed by atoms with Crippen molar-refractivity contribution in [2.75, 3.05) is 0 Å². The molecule has 0 heterocycles. The van der Waals surface area contributed by atoms with Gasteiger partial charge in [-0.05, 0) is 29.3 Å². The monoisotopic (exact) mass is 248 g/mol. The van der Waals surface area contributed by atoms with Crippen LogP contribution in [0.4, 0.5) is 0 Å². The van der Waals surface area contributed by atoms with Crippen molar-refractivity contribution < 1.29 is 0 Å². The van der Waals surface area contributed by atoms with Crippen molar-refractivity contribution in [2.45, 2.75) is 0 Å². The standard InChI is InChI=1S/C12H6Cl2N2/c13-11(7-15)5-9-2-1-3-10(4-9)6-12(14)8-16/h1-6H. The molecule has 16 heavy (non-hydrogen) atoms. The first kappa shape index (κ1) is 12.3. The molecule has 0 aliphatic carbocycles. The highest BCUT2D eigenvalue weighted by atomic mass is 35.5. The van der Waals surface area contributed by atoms with E-state index < -0.39 is 0 Å². The maximum atomic E-state index is 8.52. The number of rotatable bonds is 2. The Kier molecular flexibility index (Phi) is 4.61. The van der Waals surface area contributed by atoms with E-state index in [-0.39, 0.29) is 10.1 Å². The normalized spacial score (nSPS) is 11.8. The van der Waals surface area contributed by atoms with E-state index in [9.17, 15) is 0 Å². The van der Waals surface area contributed by atoms with Crippen molar-refractivity contribution in [1.82, 2.24) is 0 Å². The average molecular weight is 249 g/mol. The minimum atomic E-state index is 0.104. The van der Waals surface area contributed by atoms with Crippen LogP contribution in [-0.2, 0) is 0 Å². The van der Waals surface area contributed by atoms with Gasteiger partial charge < -0.3 is 0 Å². The molecule has 0 fully saturated rings. The van der Waals surface area contributed by atoms with Crippen LogP contribution in [-0.4, -0.2) is 0 Å². The predicted octanol–water partition coefficient (Wildman–Crippen LogP) is 3.89. The first-order valence-corrected chi connectivity index (χ1v) is 5.06. The van der Waals surface area contributed by atoms with Crippen LogP contribution in [0.1, 0.15) is 11.1 Å². The summed E-state index contributed by atoms with van der Waals surface area (Å²) in [6.45, 7) is 0. The van der Waals surface area contributed by atoms with Gasteiger partial charge in [-0.25, -0.2) is 0 Å². The number of benzene rings is 1. The van der Waals surface area contributed by atoms with Gasteiger partial charge in [0.15, 0.2) is 0 Å². The summed E-state index contributed by atoms with van der Waals surface area (Å²) in [5.41, 5.74) is 1.56. The number of nitriles is 2. The van der Waals surface area contributed by atoms with E-state index in [1.165, 1.54) is 0 Å². The zero-order valence-corrected chi connectivity index (χ0v) is 9.63. The first-order chi connectivity index (χ1) is 7.65. The summed E-state index contributed by atoms with van der Waals surface area (Å²) in [4.78, 5) is 0. The lowest BCUT2D eigenvalue weighted by atomic mass is 10.1. The second kappa shape index (κ2) is 5.98. The van der Waals surface area contributed by atoms with Crippen molar-refractivity contribution in [1.29, 1.82) is 10.5 Å². The van der Waals surface area contributed by atoms with Crippen LogP contribution >= 0.6 is 23.2 Å². The van der Waals surface area contributed by atoms with E-state index >= 15 is 0 Å². The summed E-state index contributed by atoms with van der Waals surface area (Å²) in [5, 5.41) is 17.3. The molecule has 0 unspecified atom stereocenters. The van der Waals surface area contributed by atoms with Crippen molar-refractivity contribution in [2.24, 2.45) is 0 Å². The number of hydrogen-bond acceptors (Lipinski definition) is 2. The van der Waals surface area contributed by atoms with Gasteiger partial charge in [0.25, 0.3) is 0 Å². The summed E-state index contributed by atoms with van der Waals surface area (Å²) in [5.74, 6) is 0. The Morgan fingerprint density at radius 3 is 1.81 bits per heavy atom. The molecule has 0 saturated heterocycles. The van der Waals surface area contributed by atoms with Crippen molar-refractivity contribution in [3.8, 4) is 12.1 Å². The lowest BCUT2D eigenvalue weighted by molar-refractivity contribution is 1.52. The second-order valence-electron chi connectivity index (χ2n) is 2.88. The SMILES string of the molecule is N#CC(Cl)=Cc1cccc(C=C(Cl)C#N)c1. The molecule has 1 aromatic carbocycles. The molecule has 2 nitrogen and oxygen atoms in total. The van der Waals surface area contributed by atoms with E-state index in [4.69, 9.17) is 33.7 Å². The molecule has 4 heteroatoms. The topological polar surface area (TPSA) is 47.6 Å². The third-order valence-corrected chi connectivity index (χ3v) is 2.10. The Bertz CT molecular complexity index is 485. The van der Waals surface area contributed by atoms with Crippen LogP contribution < -0.4 is 0 Å². The van der Waals surface area contributed by atoms with Crippen LogP contribution in [0.2, 0.25) is 0 Å². The summed E-state index contributed by atoms with van der Waals surface area (Å²) in [6.07, 6.45) is 3.08. The minimum Gasteiger partial charge on any atom is -0.191 e. The Balaban J connectivity index is 3.07. The van der Waals surface area contributed by atoms with Crippen molar-refractivity contribution >= 4 is 35.4 Å². The second-order valence-corrected chi connectivity index (χ2v) is 3.69. The molecule has 0 amide bonds. The predicted molar refractivity (Wildman–Crippen MR) is 65.3 cm³/mol. The fraction of sp³-hybridized carbons (Fsp3) is 0. The largest absolute Gasteiger partial charge is 0.191 e. The van der Waals surface area contributed by atoms with Gasteiger partial charge in [0.1, 0.15) is 22.2 Å². The minimum absolute atomic E-state index is 0.104. The number of allylic oxidation sites excluding steroid dienone is 2. The Labute approximate surface area is 104 Å². The van der Waals surface area contributed by atoms with E-state index in [0.717, 1.165) is 11.1 Å². The summed E-state index contributed by atoms with van der Waals surface area (Å²) in [7, 11) is 0. The highest BCUT2D eigenvalue weighted by Gasteiger charge is 1.95. The molecule has 0 atom stereocenters. The van der Waals surface area contributed by atoms with E-state index in [1.54, 1.807) is 36.4 Å². The highest BCUT2D eigenvalue weighted by Crippen LogP contribution is 2.14. The number of hydrogen-bond donors (Lipinski definition) is 0. The molecule has 0 N–H and O–H groups in total. The van der Waals surface area contributed by atoms with Gasteiger partial charge in [-0.3, -0.25) is 0 Å². The summed E-state index contributed by atoms with van der Waals surface area (Å²) >= 11 is 11.2. The van der Waals surface area contributed by atoms with Crippen LogP contribution in [0.3, 0.4) is 0 Å². The molecule has 0 aliphatic heterocycles.